The van der Waals surface area contributed by atoms with Crippen LogP contribution in [0.25, 0.3) is 11.3 Å². The van der Waals surface area contributed by atoms with E-state index in [1.165, 1.54) is 23.1 Å². The minimum atomic E-state index is -0.311. The molecule has 25 heavy (non-hydrogen) atoms. The Morgan fingerprint density at radius 1 is 1.32 bits per heavy atom. The monoisotopic (exact) mass is 373 g/mol. The molecule has 2 N–H and O–H groups in total. The van der Waals surface area contributed by atoms with Gasteiger partial charge in [0.1, 0.15) is 5.82 Å². The molecule has 1 unspecified atom stereocenters. The van der Waals surface area contributed by atoms with Gasteiger partial charge in [-0.1, -0.05) is 49.0 Å². The second-order valence-corrected chi connectivity index (χ2v) is 7.63. The number of nitrogens with zero attached hydrogens (tertiary/aromatic N) is 3. The van der Waals surface area contributed by atoms with Gasteiger partial charge < -0.3 is 5.32 Å². The number of thioether (sulfide) groups is 1. The molecule has 0 bridgehead atoms. The molecule has 0 spiro atoms. The first kappa shape index (κ1) is 17.6. The van der Waals surface area contributed by atoms with Crippen LogP contribution in [-0.2, 0) is 11.2 Å². The second kappa shape index (κ2) is 8.26. The summed E-state index contributed by atoms with van der Waals surface area (Å²) in [5, 5.41) is 12.7. The van der Waals surface area contributed by atoms with Gasteiger partial charge in [-0.15, -0.1) is 16.4 Å². The van der Waals surface area contributed by atoms with E-state index in [-0.39, 0.29) is 11.2 Å². The van der Waals surface area contributed by atoms with Crippen LogP contribution in [0.5, 0.6) is 0 Å². The molecule has 0 saturated heterocycles. The molecule has 0 fully saturated rings. The number of carbonyl (C=O) groups is 1. The van der Waals surface area contributed by atoms with Gasteiger partial charge in [-0.05, 0) is 13.3 Å². The lowest BCUT2D eigenvalue weighted by molar-refractivity contribution is -0.115. The number of nitrogens with one attached hydrogen (secondary N) is 2. The van der Waals surface area contributed by atoms with Crippen molar-refractivity contribution >= 4 is 34.1 Å². The van der Waals surface area contributed by atoms with Crippen LogP contribution in [0.1, 0.15) is 26.1 Å². The quantitative estimate of drug-likeness (QED) is 0.612. The third-order valence-electron chi connectivity index (χ3n) is 3.45. The van der Waals surface area contributed by atoms with Gasteiger partial charge in [-0.3, -0.25) is 9.89 Å². The predicted molar refractivity (Wildman–Crippen MR) is 102 cm³/mol. The van der Waals surface area contributed by atoms with Gasteiger partial charge in [0.15, 0.2) is 5.13 Å². The van der Waals surface area contributed by atoms with E-state index in [0.29, 0.717) is 10.3 Å². The van der Waals surface area contributed by atoms with Crippen LogP contribution in [0.4, 0.5) is 5.13 Å². The van der Waals surface area contributed by atoms with Crippen LogP contribution in [-0.4, -0.2) is 31.3 Å². The van der Waals surface area contributed by atoms with Gasteiger partial charge in [0.05, 0.1) is 10.9 Å². The number of benzene rings is 1. The van der Waals surface area contributed by atoms with Crippen molar-refractivity contribution in [3.8, 4) is 11.3 Å². The zero-order chi connectivity index (χ0) is 17.6. The van der Waals surface area contributed by atoms with Gasteiger partial charge in [0, 0.05) is 17.4 Å². The number of rotatable bonds is 7. The summed E-state index contributed by atoms with van der Waals surface area (Å²) >= 11 is 2.75. The number of H-pyrrole nitrogens is 1. The summed E-state index contributed by atoms with van der Waals surface area (Å²) in [6.45, 7) is 3.92. The first-order valence-electron chi connectivity index (χ1n) is 8.05. The summed E-state index contributed by atoms with van der Waals surface area (Å²) in [5.41, 5.74) is 1.89. The van der Waals surface area contributed by atoms with E-state index < -0.39 is 0 Å². The highest BCUT2D eigenvalue weighted by Crippen LogP contribution is 2.26. The van der Waals surface area contributed by atoms with Crippen molar-refractivity contribution in [3.63, 3.8) is 0 Å². The van der Waals surface area contributed by atoms with Gasteiger partial charge in [0.2, 0.25) is 11.1 Å². The maximum atomic E-state index is 12.4. The first-order chi connectivity index (χ1) is 12.2. The summed E-state index contributed by atoms with van der Waals surface area (Å²) in [5.74, 6) is 0.742. The highest BCUT2D eigenvalue weighted by Gasteiger charge is 2.18. The summed E-state index contributed by atoms with van der Waals surface area (Å²) < 4.78 is 0. The molecule has 1 amide bonds. The number of aryl methyl sites for hydroxylation is 1. The molecular weight excluding hydrogens is 354 g/mol. The zero-order valence-corrected chi connectivity index (χ0v) is 15.7. The molecule has 130 valence electrons. The molecule has 0 aliphatic carbocycles. The first-order valence-corrected chi connectivity index (χ1v) is 9.81. The lowest BCUT2D eigenvalue weighted by atomic mass is 10.2. The number of aromatic nitrogens is 4. The van der Waals surface area contributed by atoms with Gasteiger partial charge >= 0.3 is 0 Å². The number of hydrogen-bond donors (Lipinski definition) is 2. The Kier molecular flexibility index (Phi) is 5.83. The van der Waals surface area contributed by atoms with Crippen LogP contribution >= 0.6 is 23.1 Å². The molecule has 1 atom stereocenters. The fourth-order valence-corrected chi connectivity index (χ4v) is 3.64. The Hall–Kier alpha value is -2.19. The summed E-state index contributed by atoms with van der Waals surface area (Å²) in [6, 6.07) is 9.89. The van der Waals surface area contributed by atoms with Crippen LogP contribution in [0.15, 0.2) is 40.9 Å². The van der Waals surface area contributed by atoms with Crippen LogP contribution in [0.2, 0.25) is 0 Å². The van der Waals surface area contributed by atoms with Gasteiger partial charge in [-0.25, -0.2) is 9.97 Å². The number of carbonyl (C=O) groups excluding carboxylic acids is 1. The van der Waals surface area contributed by atoms with E-state index in [4.69, 9.17) is 0 Å². The second-order valence-electron chi connectivity index (χ2n) is 5.47. The van der Waals surface area contributed by atoms with Crippen molar-refractivity contribution in [3.05, 3.63) is 41.5 Å². The number of thiazole rings is 1. The molecule has 0 aliphatic heterocycles. The van der Waals surface area contributed by atoms with E-state index in [2.05, 4.69) is 32.4 Å². The molecular formula is C17H19N5OS2. The summed E-state index contributed by atoms with van der Waals surface area (Å²) in [6.07, 6.45) is 1.86. The molecule has 2 aromatic heterocycles. The van der Waals surface area contributed by atoms with E-state index in [0.717, 1.165) is 29.9 Å². The number of anilines is 1. The molecule has 3 aromatic rings. The maximum Gasteiger partial charge on any atom is 0.239 e. The highest BCUT2D eigenvalue weighted by molar-refractivity contribution is 8.00. The molecule has 0 radical (unpaired) electrons. The number of hydrogen-bond acceptors (Lipinski definition) is 6. The Balaban J connectivity index is 1.59. The third kappa shape index (κ3) is 4.67. The van der Waals surface area contributed by atoms with Crippen molar-refractivity contribution in [2.75, 3.05) is 5.32 Å². The van der Waals surface area contributed by atoms with E-state index in [1.807, 2.05) is 42.6 Å². The molecule has 2 heterocycles. The smallest absolute Gasteiger partial charge is 0.239 e. The average Bonchev–Trinajstić information content (AvgIpc) is 3.26. The molecule has 8 heteroatoms. The fourth-order valence-electron chi connectivity index (χ4n) is 2.17. The lowest BCUT2D eigenvalue weighted by Gasteiger charge is -2.07. The largest absolute Gasteiger partial charge is 0.301 e. The molecule has 1 aromatic carbocycles. The number of aromatic amines is 1. The molecule has 0 aliphatic rings. The standard InChI is InChI=1S/C17H19N5OS2/c1-3-7-14-19-17(22-21-14)25-11(2)15(23)20-16-18-13(10-24-16)12-8-5-4-6-9-12/h4-6,8-11H,3,7H2,1-2H3,(H,18,20,23)(H,19,21,22). The minimum Gasteiger partial charge on any atom is -0.301 e. The normalized spacial score (nSPS) is 12.1. The molecule has 3 rings (SSSR count). The zero-order valence-electron chi connectivity index (χ0n) is 14.0. The van der Waals surface area contributed by atoms with Crippen molar-refractivity contribution in [1.29, 1.82) is 0 Å². The topological polar surface area (TPSA) is 83.6 Å². The van der Waals surface area contributed by atoms with Crippen molar-refractivity contribution in [1.82, 2.24) is 20.2 Å². The Labute approximate surface area is 154 Å². The van der Waals surface area contributed by atoms with Crippen LogP contribution in [0.3, 0.4) is 0 Å². The van der Waals surface area contributed by atoms with E-state index >= 15 is 0 Å². The SMILES string of the molecule is CCCc1nc(SC(C)C(=O)Nc2nc(-c3ccccc3)cs2)n[nH]1. The van der Waals surface area contributed by atoms with Gasteiger partial charge in [-0.2, -0.15) is 0 Å². The summed E-state index contributed by atoms with van der Waals surface area (Å²) in [7, 11) is 0. The lowest BCUT2D eigenvalue weighted by Crippen LogP contribution is -2.22. The highest BCUT2D eigenvalue weighted by atomic mass is 32.2. The third-order valence-corrected chi connectivity index (χ3v) is 5.17. The van der Waals surface area contributed by atoms with E-state index in [1.54, 1.807) is 0 Å². The van der Waals surface area contributed by atoms with Crippen LogP contribution < -0.4 is 5.32 Å². The Bertz CT molecular complexity index is 830. The molecule has 0 saturated carbocycles. The predicted octanol–water partition coefficient (Wildman–Crippen LogP) is 4.00. The number of amides is 1. The Morgan fingerprint density at radius 2 is 2.12 bits per heavy atom. The van der Waals surface area contributed by atoms with Crippen molar-refractivity contribution < 1.29 is 4.79 Å². The van der Waals surface area contributed by atoms with Crippen LogP contribution in [0, 0.1) is 0 Å². The van der Waals surface area contributed by atoms with Gasteiger partial charge in [0.25, 0.3) is 0 Å². The summed E-state index contributed by atoms with van der Waals surface area (Å²) in [4.78, 5) is 21.2. The van der Waals surface area contributed by atoms with Crippen molar-refractivity contribution in [2.45, 2.75) is 37.1 Å². The minimum absolute atomic E-state index is 0.110. The van der Waals surface area contributed by atoms with E-state index in [9.17, 15) is 4.79 Å². The maximum absolute atomic E-state index is 12.4. The van der Waals surface area contributed by atoms with Crippen molar-refractivity contribution in [2.24, 2.45) is 0 Å². The Morgan fingerprint density at radius 3 is 2.88 bits per heavy atom. The average molecular weight is 374 g/mol. The molecule has 6 nitrogen and oxygen atoms in total. The fraction of sp³-hybridized carbons (Fsp3) is 0.294.